The largest absolute Gasteiger partial charge is 0.491 e. The van der Waals surface area contributed by atoms with Gasteiger partial charge < -0.3 is 14.2 Å². The maximum atomic E-state index is 15.0. The van der Waals surface area contributed by atoms with Crippen LogP contribution in [0.15, 0.2) is 48.5 Å². The molecule has 0 spiro atoms. The zero-order chi connectivity index (χ0) is 31.4. The van der Waals surface area contributed by atoms with Crippen molar-refractivity contribution in [1.29, 1.82) is 0 Å². The molecule has 0 N–H and O–H groups in total. The third-order valence-corrected chi connectivity index (χ3v) is 7.59. The highest BCUT2D eigenvalue weighted by molar-refractivity contribution is 5.65. The van der Waals surface area contributed by atoms with Crippen LogP contribution in [0.5, 0.6) is 17.2 Å². The topological polar surface area (TPSA) is 27.7 Å². The van der Waals surface area contributed by atoms with E-state index in [1.165, 1.54) is 19.8 Å². The Morgan fingerprint density at radius 2 is 1.30 bits per heavy atom. The molecule has 11 heteroatoms. The van der Waals surface area contributed by atoms with E-state index in [2.05, 4.69) is 11.7 Å². The minimum absolute atomic E-state index is 0.120. The number of hydrogen-bond donors (Lipinski definition) is 0. The first-order chi connectivity index (χ1) is 20.3. The number of benzene rings is 3. The number of ether oxygens (including phenoxy) is 3. The molecule has 0 aromatic heterocycles. The average Bonchev–Trinajstić information content (AvgIpc) is 2.95. The standard InChI is InChI=1S/C32H32F8O3/c1-3-5-19-6-8-20(9-7-19)21-10-12-22(13-11-21)23-14-15-26(30(35)28(23)33)42-18-31(36,37)43-24-16-17-25(41-4-2)29(34)27(24)32(38,39)40/h10-17,19-20H,3-9,18H2,1-2H3. The van der Waals surface area contributed by atoms with Crippen LogP contribution in [0.25, 0.3) is 11.1 Å². The highest BCUT2D eigenvalue weighted by Crippen LogP contribution is 2.43. The molecule has 1 aliphatic carbocycles. The highest BCUT2D eigenvalue weighted by Gasteiger charge is 2.43. The van der Waals surface area contributed by atoms with Crippen molar-refractivity contribution in [3.63, 3.8) is 0 Å². The van der Waals surface area contributed by atoms with Gasteiger partial charge in [-0.25, -0.2) is 8.78 Å². The zero-order valence-electron chi connectivity index (χ0n) is 23.7. The fraction of sp³-hybridized carbons (Fsp3) is 0.438. The molecular weight excluding hydrogens is 584 g/mol. The van der Waals surface area contributed by atoms with Crippen LogP contribution >= 0.6 is 0 Å². The van der Waals surface area contributed by atoms with Crippen LogP contribution in [0, 0.1) is 23.4 Å². The molecule has 0 bridgehead atoms. The third-order valence-electron chi connectivity index (χ3n) is 7.59. The van der Waals surface area contributed by atoms with Gasteiger partial charge in [-0.3, -0.25) is 0 Å². The summed E-state index contributed by atoms with van der Waals surface area (Å²) >= 11 is 0. The molecule has 0 radical (unpaired) electrons. The fourth-order valence-corrected chi connectivity index (χ4v) is 5.50. The van der Waals surface area contributed by atoms with E-state index in [1.54, 1.807) is 12.1 Å². The Labute approximate surface area is 244 Å². The van der Waals surface area contributed by atoms with Crippen LogP contribution in [0.2, 0.25) is 0 Å². The molecule has 1 aliphatic rings. The maximum absolute atomic E-state index is 15.0. The Balaban J connectivity index is 1.45. The second-order valence-corrected chi connectivity index (χ2v) is 10.6. The van der Waals surface area contributed by atoms with Crippen molar-refractivity contribution in [3.8, 4) is 28.4 Å². The SMILES string of the molecule is CCCC1CCC(c2ccc(-c3ccc(OCC(F)(F)Oc4ccc(OCC)c(F)c4C(F)(F)F)c(F)c3F)cc2)CC1. The summed E-state index contributed by atoms with van der Waals surface area (Å²) in [6, 6.07) is 10.4. The van der Waals surface area contributed by atoms with Gasteiger partial charge in [-0.15, -0.1) is 0 Å². The van der Waals surface area contributed by atoms with E-state index in [0.29, 0.717) is 23.6 Å². The molecule has 1 saturated carbocycles. The Kier molecular flexibility index (Phi) is 10.1. The van der Waals surface area contributed by atoms with E-state index in [1.807, 2.05) is 12.1 Å². The minimum Gasteiger partial charge on any atom is -0.491 e. The van der Waals surface area contributed by atoms with Gasteiger partial charge >= 0.3 is 12.3 Å². The van der Waals surface area contributed by atoms with Gasteiger partial charge in [-0.2, -0.15) is 26.3 Å². The Morgan fingerprint density at radius 1 is 0.698 bits per heavy atom. The molecule has 1 fully saturated rings. The van der Waals surface area contributed by atoms with E-state index in [4.69, 9.17) is 9.47 Å². The van der Waals surface area contributed by atoms with Crippen LogP contribution in [-0.2, 0) is 6.18 Å². The van der Waals surface area contributed by atoms with Gasteiger partial charge in [0.05, 0.1) is 6.61 Å². The first-order valence-electron chi connectivity index (χ1n) is 14.1. The van der Waals surface area contributed by atoms with Crippen molar-refractivity contribution in [2.45, 2.75) is 70.6 Å². The molecule has 3 aromatic carbocycles. The Bertz CT molecular complexity index is 1380. The minimum atomic E-state index is -5.40. The molecule has 3 nitrogen and oxygen atoms in total. The molecule has 4 rings (SSSR count). The monoisotopic (exact) mass is 616 g/mol. The third kappa shape index (κ3) is 7.72. The molecule has 0 unspecified atom stereocenters. The molecular formula is C32H32F8O3. The lowest BCUT2D eigenvalue weighted by molar-refractivity contribution is -0.200. The van der Waals surface area contributed by atoms with Crippen LogP contribution in [0.1, 0.15) is 69.4 Å². The summed E-state index contributed by atoms with van der Waals surface area (Å²) in [7, 11) is 0. The molecule has 0 saturated heterocycles. The lowest BCUT2D eigenvalue weighted by Gasteiger charge is -2.28. The molecule has 234 valence electrons. The number of halogens is 8. The summed E-state index contributed by atoms with van der Waals surface area (Å²) in [6.45, 7) is 1.61. The predicted molar refractivity (Wildman–Crippen MR) is 145 cm³/mol. The highest BCUT2D eigenvalue weighted by atomic mass is 19.4. The van der Waals surface area contributed by atoms with E-state index >= 15 is 0 Å². The quantitative estimate of drug-likeness (QED) is 0.201. The van der Waals surface area contributed by atoms with Crippen molar-refractivity contribution in [1.82, 2.24) is 0 Å². The first-order valence-corrected chi connectivity index (χ1v) is 14.1. The molecule has 0 aliphatic heterocycles. The van der Waals surface area contributed by atoms with Gasteiger partial charge in [-0.1, -0.05) is 44.0 Å². The number of alkyl halides is 5. The summed E-state index contributed by atoms with van der Waals surface area (Å²) in [5, 5.41) is 0. The normalized spacial score (nSPS) is 17.5. The first kappa shape index (κ1) is 32.4. The Hall–Kier alpha value is -3.50. The number of rotatable bonds is 11. The van der Waals surface area contributed by atoms with Gasteiger partial charge in [-0.05, 0) is 79.8 Å². The molecule has 43 heavy (non-hydrogen) atoms. The van der Waals surface area contributed by atoms with Gasteiger partial charge in [0.1, 0.15) is 11.3 Å². The van der Waals surface area contributed by atoms with Crippen molar-refractivity contribution >= 4 is 0 Å². The van der Waals surface area contributed by atoms with Gasteiger partial charge in [0.15, 0.2) is 29.7 Å². The van der Waals surface area contributed by atoms with E-state index in [0.717, 1.165) is 49.3 Å². The second-order valence-electron chi connectivity index (χ2n) is 10.6. The summed E-state index contributed by atoms with van der Waals surface area (Å²) < 4.78 is 127. The van der Waals surface area contributed by atoms with Gasteiger partial charge in [0.25, 0.3) is 0 Å². The van der Waals surface area contributed by atoms with E-state index < -0.39 is 59.2 Å². The van der Waals surface area contributed by atoms with Gasteiger partial charge in [0, 0.05) is 5.56 Å². The van der Waals surface area contributed by atoms with E-state index in [9.17, 15) is 35.1 Å². The van der Waals surface area contributed by atoms with Crippen LogP contribution in [0.3, 0.4) is 0 Å². The Morgan fingerprint density at radius 3 is 1.91 bits per heavy atom. The average molecular weight is 617 g/mol. The molecule has 3 aromatic rings. The summed E-state index contributed by atoms with van der Waals surface area (Å²) in [4.78, 5) is 0. The predicted octanol–water partition coefficient (Wildman–Crippen LogP) is 10.3. The van der Waals surface area contributed by atoms with Crippen molar-refractivity contribution in [2.24, 2.45) is 5.92 Å². The van der Waals surface area contributed by atoms with Crippen molar-refractivity contribution in [2.75, 3.05) is 13.2 Å². The number of hydrogen-bond acceptors (Lipinski definition) is 3. The zero-order valence-corrected chi connectivity index (χ0v) is 23.7. The summed E-state index contributed by atoms with van der Waals surface area (Å²) in [5.74, 6) is -6.92. The summed E-state index contributed by atoms with van der Waals surface area (Å²) in [5.41, 5.74) is -0.735. The molecule has 0 atom stereocenters. The van der Waals surface area contributed by atoms with Crippen LogP contribution in [-0.4, -0.2) is 19.3 Å². The van der Waals surface area contributed by atoms with E-state index in [-0.39, 0.29) is 12.2 Å². The van der Waals surface area contributed by atoms with Crippen molar-refractivity contribution in [3.05, 3.63) is 77.1 Å². The van der Waals surface area contributed by atoms with Crippen LogP contribution in [0.4, 0.5) is 35.1 Å². The van der Waals surface area contributed by atoms with Crippen LogP contribution < -0.4 is 14.2 Å². The van der Waals surface area contributed by atoms with Crippen molar-refractivity contribution < 1.29 is 49.3 Å². The van der Waals surface area contributed by atoms with Gasteiger partial charge in [0.2, 0.25) is 5.82 Å². The smallest absolute Gasteiger partial charge is 0.433 e. The summed E-state index contributed by atoms with van der Waals surface area (Å²) in [6.07, 6.45) is -3.04. The molecule has 0 heterocycles. The maximum Gasteiger partial charge on any atom is 0.433 e. The second kappa shape index (κ2) is 13.4. The lowest BCUT2D eigenvalue weighted by Crippen LogP contribution is -2.33. The fourth-order valence-electron chi connectivity index (χ4n) is 5.50. The molecule has 0 amide bonds. The lowest BCUT2D eigenvalue weighted by atomic mass is 9.77.